The minimum atomic E-state index is 0.574. The van der Waals surface area contributed by atoms with Crippen molar-refractivity contribution in [1.82, 2.24) is 4.98 Å². The van der Waals surface area contributed by atoms with Gasteiger partial charge in [0.05, 0.1) is 5.52 Å². The Kier molecular flexibility index (Phi) is 4.00. The number of hydrogen-bond acceptors (Lipinski definition) is 3. The van der Waals surface area contributed by atoms with Crippen LogP contribution in [-0.4, -0.2) is 25.1 Å². The van der Waals surface area contributed by atoms with Gasteiger partial charge in [-0.25, -0.2) is 4.98 Å². The van der Waals surface area contributed by atoms with E-state index in [0.717, 1.165) is 17.3 Å². The van der Waals surface area contributed by atoms with Crippen molar-refractivity contribution in [3.05, 3.63) is 30.3 Å². The van der Waals surface area contributed by atoms with E-state index in [4.69, 9.17) is 4.98 Å². The van der Waals surface area contributed by atoms with Crippen LogP contribution < -0.4 is 10.2 Å². The van der Waals surface area contributed by atoms with Crippen molar-refractivity contribution in [2.75, 3.05) is 24.3 Å². The molecule has 0 spiro atoms. The SMILES string of the molecule is CC1CCC(Nc2cc(N(C)C)c3ccccc3n2)CC1. The molecule has 1 aromatic heterocycles. The molecular weight excluding hydrogens is 258 g/mol. The predicted molar refractivity (Wildman–Crippen MR) is 91.1 cm³/mol. The van der Waals surface area contributed by atoms with Gasteiger partial charge in [-0.15, -0.1) is 0 Å². The zero-order valence-corrected chi connectivity index (χ0v) is 13.3. The van der Waals surface area contributed by atoms with Crippen LogP contribution in [0.15, 0.2) is 30.3 Å². The molecule has 0 unspecified atom stereocenters. The van der Waals surface area contributed by atoms with Crippen molar-refractivity contribution in [3.8, 4) is 0 Å². The van der Waals surface area contributed by atoms with Crippen molar-refractivity contribution >= 4 is 22.4 Å². The van der Waals surface area contributed by atoms with Gasteiger partial charge in [-0.2, -0.15) is 0 Å². The molecule has 112 valence electrons. The zero-order valence-electron chi connectivity index (χ0n) is 13.3. The van der Waals surface area contributed by atoms with Gasteiger partial charge in [0.15, 0.2) is 0 Å². The molecule has 1 aliphatic rings. The fourth-order valence-electron chi connectivity index (χ4n) is 3.21. The first kappa shape index (κ1) is 14.2. The first-order valence-corrected chi connectivity index (χ1v) is 7.97. The molecule has 0 saturated heterocycles. The Balaban J connectivity index is 1.88. The number of anilines is 2. The normalized spacial score (nSPS) is 22.2. The van der Waals surface area contributed by atoms with Crippen LogP contribution in [0.2, 0.25) is 0 Å². The second-order valence-corrected chi connectivity index (χ2v) is 6.54. The van der Waals surface area contributed by atoms with Gasteiger partial charge in [-0.3, -0.25) is 0 Å². The number of pyridine rings is 1. The molecular formula is C18H25N3. The van der Waals surface area contributed by atoms with Crippen molar-refractivity contribution in [3.63, 3.8) is 0 Å². The van der Waals surface area contributed by atoms with Gasteiger partial charge in [0.1, 0.15) is 5.82 Å². The summed E-state index contributed by atoms with van der Waals surface area (Å²) in [4.78, 5) is 6.96. The highest BCUT2D eigenvalue weighted by Gasteiger charge is 2.18. The number of nitrogens with one attached hydrogen (secondary N) is 1. The van der Waals surface area contributed by atoms with E-state index >= 15 is 0 Å². The molecule has 1 aromatic carbocycles. The van der Waals surface area contributed by atoms with Gasteiger partial charge in [0.2, 0.25) is 0 Å². The summed E-state index contributed by atoms with van der Waals surface area (Å²) in [6, 6.07) is 11.1. The Morgan fingerprint density at radius 1 is 1.10 bits per heavy atom. The van der Waals surface area contributed by atoms with Gasteiger partial charge < -0.3 is 10.2 Å². The summed E-state index contributed by atoms with van der Waals surface area (Å²) in [5, 5.41) is 4.86. The highest BCUT2D eigenvalue weighted by Crippen LogP contribution is 2.30. The van der Waals surface area contributed by atoms with Crippen LogP contribution in [-0.2, 0) is 0 Å². The van der Waals surface area contributed by atoms with Crippen LogP contribution in [0.25, 0.3) is 10.9 Å². The second-order valence-electron chi connectivity index (χ2n) is 6.54. The van der Waals surface area contributed by atoms with E-state index in [1.54, 1.807) is 0 Å². The number of para-hydroxylation sites is 1. The van der Waals surface area contributed by atoms with E-state index in [-0.39, 0.29) is 0 Å². The average Bonchev–Trinajstić information content (AvgIpc) is 2.48. The van der Waals surface area contributed by atoms with Crippen LogP contribution >= 0.6 is 0 Å². The number of hydrogen-bond donors (Lipinski definition) is 1. The summed E-state index contributed by atoms with van der Waals surface area (Å²) in [6.07, 6.45) is 5.16. The van der Waals surface area contributed by atoms with Crippen molar-refractivity contribution in [2.24, 2.45) is 5.92 Å². The first-order valence-electron chi connectivity index (χ1n) is 7.97. The smallest absolute Gasteiger partial charge is 0.128 e. The molecule has 21 heavy (non-hydrogen) atoms. The Labute approximate surface area is 127 Å². The number of nitrogens with zero attached hydrogens (tertiary/aromatic N) is 2. The van der Waals surface area contributed by atoms with Gasteiger partial charge in [-0.1, -0.05) is 25.1 Å². The highest BCUT2D eigenvalue weighted by atomic mass is 15.1. The van der Waals surface area contributed by atoms with Crippen LogP contribution in [0, 0.1) is 5.92 Å². The number of fused-ring (bicyclic) bond motifs is 1. The summed E-state index contributed by atoms with van der Waals surface area (Å²) in [6.45, 7) is 2.36. The van der Waals surface area contributed by atoms with E-state index in [1.165, 1.54) is 36.8 Å². The standard InChI is InChI=1S/C18H25N3/c1-13-8-10-14(11-9-13)19-18-12-17(21(2)3)15-6-4-5-7-16(15)20-18/h4-7,12-14H,8-11H2,1-3H3,(H,19,20). The molecule has 0 bridgehead atoms. The lowest BCUT2D eigenvalue weighted by Gasteiger charge is -2.28. The van der Waals surface area contributed by atoms with Crippen molar-refractivity contribution in [1.29, 1.82) is 0 Å². The lowest BCUT2D eigenvalue weighted by Crippen LogP contribution is -2.25. The van der Waals surface area contributed by atoms with Crippen molar-refractivity contribution in [2.45, 2.75) is 38.6 Å². The fraction of sp³-hybridized carbons (Fsp3) is 0.500. The Hall–Kier alpha value is -1.77. The third kappa shape index (κ3) is 3.12. The van der Waals surface area contributed by atoms with Crippen molar-refractivity contribution < 1.29 is 0 Å². The van der Waals surface area contributed by atoms with E-state index in [0.29, 0.717) is 6.04 Å². The molecule has 1 N–H and O–H groups in total. The van der Waals surface area contributed by atoms with Crippen LogP contribution in [0.4, 0.5) is 11.5 Å². The Morgan fingerprint density at radius 2 is 1.81 bits per heavy atom. The molecule has 3 rings (SSSR count). The summed E-state index contributed by atoms with van der Waals surface area (Å²) in [7, 11) is 4.18. The molecule has 3 heteroatoms. The minimum Gasteiger partial charge on any atom is -0.377 e. The quantitative estimate of drug-likeness (QED) is 0.910. The van der Waals surface area contributed by atoms with Gasteiger partial charge >= 0.3 is 0 Å². The van der Waals surface area contributed by atoms with Crippen LogP contribution in [0.3, 0.4) is 0 Å². The van der Waals surface area contributed by atoms with E-state index in [2.05, 4.69) is 61.6 Å². The maximum atomic E-state index is 4.79. The lowest BCUT2D eigenvalue weighted by atomic mass is 9.87. The Morgan fingerprint density at radius 3 is 2.52 bits per heavy atom. The maximum absolute atomic E-state index is 4.79. The van der Waals surface area contributed by atoms with Gasteiger partial charge in [-0.05, 0) is 37.7 Å². The van der Waals surface area contributed by atoms with E-state index in [1.807, 2.05) is 0 Å². The number of rotatable bonds is 3. The second kappa shape index (κ2) is 5.92. The minimum absolute atomic E-state index is 0.574. The van der Waals surface area contributed by atoms with E-state index < -0.39 is 0 Å². The summed E-state index contributed by atoms with van der Waals surface area (Å²) in [5.41, 5.74) is 2.29. The predicted octanol–water partition coefficient (Wildman–Crippen LogP) is 4.29. The average molecular weight is 283 g/mol. The van der Waals surface area contributed by atoms with Crippen LogP contribution in [0.1, 0.15) is 32.6 Å². The third-order valence-corrected chi connectivity index (χ3v) is 4.54. The molecule has 2 aromatic rings. The van der Waals surface area contributed by atoms with Crippen LogP contribution in [0.5, 0.6) is 0 Å². The summed E-state index contributed by atoms with van der Waals surface area (Å²) in [5.74, 6) is 1.89. The number of benzene rings is 1. The largest absolute Gasteiger partial charge is 0.377 e. The highest BCUT2D eigenvalue weighted by molar-refractivity contribution is 5.93. The topological polar surface area (TPSA) is 28.2 Å². The Bertz CT molecular complexity index is 613. The lowest BCUT2D eigenvalue weighted by molar-refractivity contribution is 0.361. The zero-order chi connectivity index (χ0) is 14.8. The molecule has 0 atom stereocenters. The molecule has 0 aliphatic heterocycles. The molecule has 0 radical (unpaired) electrons. The summed E-state index contributed by atoms with van der Waals surface area (Å²) >= 11 is 0. The molecule has 1 aliphatic carbocycles. The molecule has 0 amide bonds. The molecule has 3 nitrogen and oxygen atoms in total. The first-order chi connectivity index (χ1) is 10.1. The molecule has 1 saturated carbocycles. The van der Waals surface area contributed by atoms with Gasteiger partial charge in [0, 0.05) is 37.3 Å². The maximum Gasteiger partial charge on any atom is 0.128 e. The fourth-order valence-corrected chi connectivity index (χ4v) is 3.21. The van der Waals surface area contributed by atoms with E-state index in [9.17, 15) is 0 Å². The molecule has 1 fully saturated rings. The molecule has 1 heterocycles. The summed E-state index contributed by atoms with van der Waals surface area (Å²) < 4.78 is 0. The third-order valence-electron chi connectivity index (χ3n) is 4.54. The van der Waals surface area contributed by atoms with Gasteiger partial charge in [0.25, 0.3) is 0 Å². The number of aromatic nitrogens is 1. The monoisotopic (exact) mass is 283 g/mol.